The first kappa shape index (κ1) is 24.5. The molecule has 6 heteroatoms. The summed E-state index contributed by atoms with van der Waals surface area (Å²) in [6, 6.07) is 29.2. The van der Waals surface area contributed by atoms with Gasteiger partial charge in [-0.1, -0.05) is 91.0 Å². The van der Waals surface area contributed by atoms with Crippen molar-refractivity contribution in [1.29, 1.82) is 0 Å². The summed E-state index contributed by atoms with van der Waals surface area (Å²) >= 11 is 0. The quantitative estimate of drug-likeness (QED) is 0.383. The van der Waals surface area contributed by atoms with Crippen molar-refractivity contribution in [2.45, 2.75) is 50.2 Å². The molecule has 0 spiro atoms. The average molecular weight is 464 g/mol. The molecule has 3 aromatic rings. The predicted octanol–water partition coefficient (Wildman–Crippen LogP) is 3.07. The van der Waals surface area contributed by atoms with Crippen molar-refractivity contribution in [1.82, 2.24) is 5.32 Å². The Hall–Kier alpha value is -2.58. The topological polar surface area (TPSA) is 80.2 Å². The molecule has 1 aliphatic rings. The summed E-state index contributed by atoms with van der Waals surface area (Å²) in [6.07, 6.45) is -1.81. The first-order chi connectivity index (χ1) is 16.7. The van der Waals surface area contributed by atoms with Gasteiger partial charge in [0.25, 0.3) is 0 Å². The van der Waals surface area contributed by atoms with Crippen molar-refractivity contribution in [2.24, 2.45) is 0 Å². The van der Waals surface area contributed by atoms with Gasteiger partial charge in [-0.25, -0.2) is 0 Å². The first-order valence-electron chi connectivity index (χ1n) is 11.7. The summed E-state index contributed by atoms with van der Waals surface area (Å²) in [4.78, 5) is 0. The Kier molecular flexibility index (Phi) is 9.21. The summed E-state index contributed by atoms with van der Waals surface area (Å²) in [6.45, 7) is 1.29. The highest BCUT2D eigenvalue weighted by Gasteiger charge is 2.47. The fourth-order valence-electron chi connectivity index (χ4n) is 4.28. The zero-order valence-corrected chi connectivity index (χ0v) is 19.2. The van der Waals surface area contributed by atoms with Gasteiger partial charge in [0.2, 0.25) is 0 Å². The minimum absolute atomic E-state index is 0.209. The van der Waals surface area contributed by atoms with Gasteiger partial charge in [0.15, 0.2) is 0 Å². The van der Waals surface area contributed by atoms with Crippen LogP contribution in [0.4, 0.5) is 0 Å². The number of aliphatic hydroxyl groups excluding tert-OH is 2. The van der Waals surface area contributed by atoms with E-state index in [1.165, 1.54) is 0 Å². The molecule has 0 unspecified atom stereocenters. The summed E-state index contributed by atoms with van der Waals surface area (Å²) < 4.78 is 18.7. The van der Waals surface area contributed by atoms with Crippen molar-refractivity contribution >= 4 is 0 Å². The first-order valence-corrected chi connectivity index (χ1v) is 11.7. The SMILES string of the molecule is OC[C@@H](O)[C@H]1N[C@H](COCc2ccccc2)[C@@H](OCc2ccccc2)[C@@H]1OCc1ccccc1. The van der Waals surface area contributed by atoms with E-state index in [-0.39, 0.29) is 18.8 Å². The number of benzene rings is 3. The van der Waals surface area contributed by atoms with Crippen LogP contribution in [0, 0.1) is 0 Å². The Labute approximate surface area is 201 Å². The average Bonchev–Trinajstić information content (AvgIpc) is 3.24. The molecule has 6 nitrogen and oxygen atoms in total. The van der Waals surface area contributed by atoms with Crippen LogP contribution in [0.3, 0.4) is 0 Å². The van der Waals surface area contributed by atoms with Gasteiger partial charge in [0, 0.05) is 0 Å². The van der Waals surface area contributed by atoms with Crippen LogP contribution in [0.5, 0.6) is 0 Å². The molecule has 1 heterocycles. The summed E-state index contributed by atoms with van der Waals surface area (Å²) in [5.41, 5.74) is 3.18. The third-order valence-corrected chi connectivity index (χ3v) is 6.06. The Bertz CT molecular complexity index is 956. The van der Waals surface area contributed by atoms with E-state index in [1.807, 2.05) is 91.0 Å². The van der Waals surface area contributed by atoms with Crippen molar-refractivity contribution in [2.75, 3.05) is 13.2 Å². The largest absolute Gasteiger partial charge is 0.394 e. The van der Waals surface area contributed by atoms with E-state index < -0.39 is 18.2 Å². The van der Waals surface area contributed by atoms with E-state index in [0.29, 0.717) is 26.4 Å². The van der Waals surface area contributed by atoms with Crippen LogP contribution in [0.2, 0.25) is 0 Å². The molecule has 34 heavy (non-hydrogen) atoms. The van der Waals surface area contributed by atoms with E-state index >= 15 is 0 Å². The lowest BCUT2D eigenvalue weighted by Crippen LogP contribution is -2.46. The predicted molar refractivity (Wildman–Crippen MR) is 130 cm³/mol. The highest BCUT2D eigenvalue weighted by Crippen LogP contribution is 2.26. The molecule has 1 fully saturated rings. The van der Waals surface area contributed by atoms with Gasteiger partial charge < -0.3 is 29.7 Å². The Morgan fingerprint density at radius 3 is 1.65 bits per heavy atom. The van der Waals surface area contributed by atoms with Gasteiger partial charge in [0.05, 0.1) is 51.2 Å². The highest BCUT2D eigenvalue weighted by atomic mass is 16.5. The molecule has 0 radical (unpaired) electrons. The number of nitrogens with one attached hydrogen (secondary N) is 1. The lowest BCUT2D eigenvalue weighted by atomic mass is 10.0. The molecular weight excluding hydrogens is 430 g/mol. The Balaban J connectivity index is 1.48. The highest BCUT2D eigenvalue weighted by molar-refractivity contribution is 5.16. The van der Waals surface area contributed by atoms with Gasteiger partial charge in [-0.2, -0.15) is 0 Å². The van der Waals surface area contributed by atoms with Crippen LogP contribution in [-0.4, -0.2) is 53.8 Å². The second kappa shape index (κ2) is 12.8. The van der Waals surface area contributed by atoms with E-state index in [1.54, 1.807) is 0 Å². The Morgan fingerprint density at radius 1 is 0.676 bits per heavy atom. The number of ether oxygens (including phenoxy) is 3. The van der Waals surface area contributed by atoms with Crippen molar-refractivity contribution < 1.29 is 24.4 Å². The third kappa shape index (κ3) is 6.73. The summed E-state index contributed by atoms with van der Waals surface area (Å²) in [5.74, 6) is 0. The number of rotatable bonds is 12. The molecule has 3 N–H and O–H groups in total. The lowest BCUT2D eigenvalue weighted by Gasteiger charge is -2.27. The maximum Gasteiger partial charge on any atom is 0.104 e. The Morgan fingerprint density at radius 2 is 1.15 bits per heavy atom. The molecule has 4 rings (SSSR count). The van der Waals surface area contributed by atoms with E-state index in [9.17, 15) is 10.2 Å². The third-order valence-electron chi connectivity index (χ3n) is 6.06. The monoisotopic (exact) mass is 463 g/mol. The van der Waals surface area contributed by atoms with Gasteiger partial charge in [-0.15, -0.1) is 0 Å². The maximum atomic E-state index is 10.6. The minimum Gasteiger partial charge on any atom is -0.394 e. The van der Waals surface area contributed by atoms with Crippen LogP contribution in [0.25, 0.3) is 0 Å². The smallest absolute Gasteiger partial charge is 0.104 e. The van der Waals surface area contributed by atoms with Crippen LogP contribution in [-0.2, 0) is 34.0 Å². The molecule has 0 aliphatic carbocycles. The van der Waals surface area contributed by atoms with Gasteiger partial charge in [-0.3, -0.25) is 0 Å². The lowest BCUT2D eigenvalue weighted by molar-refractivity contribution is -0.0976. The zero-order chi connectivity index (χ0) is 23.6. The van der Waals surface area contributed by atoms with Crippen LogP contribution >= 0.6 is 0 Å². The number of hydrogen-bond acceptors (Lipinski definition) is 6. The van der Waals surface area contributed by atoms with Crippen LogP contribution in [0.15, 0.2) is 91.0 Å². The molecule has 180 valence electrons. The van der Waals surface area contributed by atoms with Crippen molar-refractivity contribution in [3.8, 4) is 0 Å². The zero-order valence-electron chi connectivity index (χ0n) is 19.2. The maximum absolute atomic E-state index is 10.6. The molecule has 3 aromatic carbocycles. The second-order valence-corrected chi connectivity index (χ2v) is 8.57. The summed E-state index contributed by atoms with van der Waals surface area (Å²) in [5, 5.41) is 23.7. The van der Waals surface area contributed by atoms with E-state index in [2.05, 4.69) is 5.32 Å². The molecular formula is C28H33NO5. The fraction of sp³-hybridized carbons (Fsp3) is 0.357. The van der Waals surface area contributed by atoms with Crippen LogP contribution in [0.1, 0.15) is 16.7 Å². The molecule has 0 bridgehead atoms. The van der Waals surface area contributed by atoms with E-state index in [4.69, 9.17) is 14.2 Å². The van der Waals surface area contributed by atoms with Crippen molar-refractivity contribution in [3.63, 3.8) is 0 Å². The van der Waals surface area contributed by atoms with Crippen LogP contribution < -0.4 is 5.32 Å². The van der Waals surface area contributed by atoms with Crippen molar-refractivity contribution in [3.05, 3.63) is 108 Å². The molecule has 0 saturated carbocycles. The molecule has 1 aliphatic heterocycles. The van der Waals surface area contributed by atoms with Gasteiger partial charge in [-0.05, 0) is 16.7 Å². The fourth-order valence-corrected chi connectivity index (χ4v) is 4.28. The van der Waals surface area contributed by atoms with Gasteiger partial charge >= 0.3 is 0 Å². The molecule has 0 amide bonds. The molecule has 5 atom stereocenters. The summed E-state index contributed by atoms with van der Waals surface area (Å²) in [7, 11) is 0. The van der Waals surface area contributed by atoms with Gasteiger partial charge in [0.1, 0.15) is 12.2 Å². The van der Waals surface area contributed by atoms with E-state index in [0.717, 1.165) is 16.7 Å². The number of aliphatic hydroxyl groups is 2. The standard InChI is InChI=1S/C28H33NO5/c30-16-25(31)26-28(34-19-23-14-8-3-9-15-23)27(33-18-22-12-6-2-7-13-22)24(29-26)20-32-17-21-10-4-1-5-11-21/h1-15,24-31H,16-20H2/t24-,25-,26-,27-,28-/m1/s1. The molecule has 0 aromatic heterocycles. The second-order valence-electron chi connectivity index (χ2n) is 8.57. The normalized spacial score (nSPS) is 23.1. The molecule has 1 saturated heterocycles. The minimum atomic E-state index is -0.984. The number of hydrogen-bond donors (Lipinski definition) is 3.